The normalized spacial score (nSPS) is 14.5. The SMILES string of the molecule is CC(=O)N1N=C(c2ccc([N+](=O)[O-])cc2)O[C@H]1c1ccc(Oc2ccc([N+](=O)[O-])cc2[N+](=O)[O-])cc1. The first-order valence-corrected chi connectivity index (χ1v) is 10.1. The third-order valence-electron chi connectivity index (χ3n) is 5.03. The van der Waals surface area contributed by atoms with Crippen LogP contribution >= 0.6 is 0 Å². The molecule has 1 aliphatic heterocycles. The van der Waals surface area contributed by atoms with Crippen LogP contribution in [-0.2, 0) is 9.53 Å². The van der Waals surface area contributed by atoms with Gasteiger partial charge in [-0.2, -0.15) is 5.01 Å². The van der Waals surface area contributed by atoms with Crippen LogP contribution in [0.2, 0.25) is 0 Å². The second kappa shape index (κ2) is 9.46. The molecule has 0 saturated heterocycles. The first kappa shape index (κ1) is 23.7. The molecular weight excluding hydrogens is 478 g/mol. The van der Waals surface area contributed by atoms with Gasteiger partial charge < -0.3 is 9.47 Å². The number of nitro benzene ring substituents is 3. The lowest BCUT2D eigenvalue weighted by Gasteiger charge is -2.19. The highest BCUT2D eigenvalue weighted by molar-refractivity contribution is 5.96. The van der Waals surface area contributed by atoms with Gasteiger partial charge in [0, 0.05) is 36.2 Å². The van der Waals surface area contributed by atoms with Gasteiger partial charge in [0.05, 0.1) is 20.8 Å². The summed E-state index contributed by atoms with van der Waals surface area (Å²) in [6.07, 6.45) is -0.935. The number of non-ortho nitro benzene ring substituents is 2. The van der Waals surface area contributed by atoms with Crippen molar-refractivity contribution in [3.05, 3.63) is 108 Å². The van der Waals surface area contributed by atoms with Crippen molar-refractivity contribution in [3.63, 3.8) is 0 Å². The van der Waals surface area contributed by atoms with Crippen molar-refractivity contribution in [2.24, 2.45) is 5.10 Å². The van der Waals surface area contributed by atoms with Gasteiger partial charge in [0.15, 0.2) is 0 Å². The summed E-state index contributed by atoms with van der Waals surface area (Å²) >= 11 is 0. The molecule has 0 saturated carbocycles. The van der Waals surface area contributed by atoms with Crippen LogP contribution in [0.4, 0.5) is 17.1 Å². The maximum Gasteiger partial charge on any atom is 0.318 e. The molecule has 14 heteroatoms. The van der Waals surface area contributed by atoms with Gasteiger partial charge in [0.25, 0.3) is 11.4 Å². The van der Waals surface area contributed by atoms with E-state index in [0.717, 1.165) is 23.2 Å². The first-order valence-electron chi connectivity index (χ1n) is 10.1. The number of carbonyl (C=O) groups is 1. The maximum absolute atomic E-state index is 12.1. The Balaban J connectivity index is 1.55. The van der Waals surface area contributed by atoms with Crippen LogP contribution in [0.1, 0.15) is 24.3 Å². The molecule has 0 aromatic heterocycles. The minimum atomic E-state index is -0.935. The Labute approximate surface area is 201 Å². The van der Waals surface area contributed by atoms with Gasteiger partial charge in [-0.3, -0.25) is 35.1 Å². The summed E-state index contributed by atoms with van der Waals surface area (Å²) in [5.41, 5.74) is -0.204. The molecule has 14 nitrogen and oxygen atoms in total. The van der Waals surface area contributed by atoms with E-state index in [2.05, 4.69) is 5.10 Å². The minimum absolute atomic E-state index is 0.0897. The van der Waals surface area contributed by atoms with Gasteiger partial charge in [-0.15, -0.1) is 5.10 Å². The van der Waals surface area contributed by atoms with Gasteiger partial charge in [-0.1, -0.05) is 0 Å². The number of benzene rings is 3. The van der Waals surface area contributed by atoms with Crippen LogP contribution in [0.5, 0.6) is 11.5 Å². The Kier molecular flexibility index (Phi) is 6.24. The average Bonchev–Trinajstić information content (AvgIpc) is 3.30. The summed E-state index contributed by atoms with van der Waals surface area (Å²) in [5, 5.41) is 38.4. The molecular formula is C22H15N5O9. The van der Waals surface area contributed by atoms with Crippen molar-refractivity contribution in [2.75, 3.05) is 0 Å². The van der Waals surface area contributed by atoms with E-state index in [1.54, 1.807) is 12.1 Å². The van der Waals surface area contributed by atoms with Crippen LogP contribution in [0, 0.1) is 30.3 Å². The van der Waals surface area contributed by atoms with Gasteiger partial charge in [0.2, 0.25) is 23.8 Å². The Morgan fingerprint density at radius 3 is 2.06 bits per heavy atom. The van der Waals surface area contributed by atoms with E-state index in [9.17, 15) is 35.1 Å². The van der Waals surface area contributed by atoms with Crippen molar-refractivity contribution in [1.29, 1.82) is 0 Å². The Morgan fingerprint density at radius 2 is 1.50 bits per heavy atom. The molecule has 0 spiro atoms. The fourth-order valence-electron chi connectivity index (χ4n) is 3.30. The monoisotopic (exact) mass is 493 g/mol. The predicted octanol–water partition coefficient (Wildman–Crippen LogP) is 4.44. The number of hydrogen-bond donors (Lipinski definition) is 0. The Hall–Kier alpha value is -5.40. The summed E-state index contributed by atoms with van der Waals surface area (Å²) in [4.78, 5) is 43.2. The molecule has 0 N–H and O–H groups in total. The largest absolute Gasteiger partial charge is 0.450 e. The number of hydrazone groups is 1. The molecule has 36 heavy (non-hydrogen) atoms. The number of carbonyl (C=O) groups excluding carboxylic acids is 1. The maximum atomic E-state index is 12.1. The number of nitrogens with zero attached hydrogens (tertiary/aromatic N) is 5. The molecule has 0 bridgehead atoms. The molecule has 1 heterocycles. The van der Waals surface area contributed by atoms with E-state index in [1.165, 1.54) is 43.3 Å². The molecule has 0 unspecified atom stereocenters. The zero-order valence-corrected chi connectivity index (χ0v) is 18.3. The highest BCUT2D eigenvalue weighted by Gasteiger charge is 2.33. The average molecular weight is 493 g/mol. The van der Waals surface area contributed by atoms with E-state index < -0.39 is 38.3 Å². The molecule has 3 aromatic rings. The number of amides is 1. The number of nitro groups is 3. The summed E-state index contributed by atoms with van der Waals surface area (Å²) in [6.45, 7) is 1.30. The first-order chi connectivity index (χ1) is 17.1. The molecule has 182 valence electrons. The fraction of sp³-hybridized carbons (Fsp3) is 0.0909. The molecule has 1 amide bonds. The highest BCUT2D eigenvalue weighted by atomic mass is 16.6. The Bertz CT molecular complexity index is 1400. The van der Waals surface area contributed by atoms with Crippen molar-refractivity contribution in [1.82, 2.24) is 5.01 Å². The predicted molar refractivity (Wildman–Crippen MR) is 122 cm³/mol. The van der Waals surface area contributed by atoms with Gasteiger partial charge in [-0.25, -0.2) is 0 Å². The zero-order chi connectivity index (χ0) is 26.0. The summed E-state index contributed by atoms with van der Waals surface area (Å²) < 4.78 is 11.4. The van der Waals surface area contributed by atoms with Crippen molar-refractivity contribution >= 4 is 28.9 Å². The van der Waals surface area contributed by atoms with Crippen molar-refractivity contribution < 1.29 is 29.0 Å². The number of hydrogen-bond acceptors (Lipinski definition) is 10. The Morgan fingerprint density at radius 1 is 0.889 bits per heavy atom. The molecule has 4 rings (SSSR count). The molecule has 0 aliphatic carbocycles. The van der Waals surface area contributed by atoms with E-state index in [4.69, 9.17) is 9.47 Å². The molecule has 0 fully saturated rings. The topological polar surface area (TPSA) is 181 Å². The minimum Gasteiger partial charge on any atom is -0.450 e. The quantitative estimate of drug-likeness (QED) is 0.339. The summed E-state index contributed by atoms with van der Waals surface area (Å²) in [6, 6.07) is 14.6. The van der Waals surface area contributed by atoms with Crippen molar-refractivity contribution in [3.8, 4) is 11.5 Å². The van der Waals surface area contributed by atoms with E-state index in [1.807, 2.05) is 0 Å². The molecule has 1 atom stereocenters. The summed E-state index contributed by atoms with van der Waals surface area (Å²) in [5.74, 6) is -0.324. The van der Waals surface area contributed by atoms with E-state index in [-0.39, 0.29) is 23.1 Å². The molecule has 1 aliphatic rings. The third-order valence-corrected chi connectivity index (χ3v) is 5.03. The lowest BCUT2D eigenvalue weighted by Crippen LogP contribution is -2.25. The smallest absolute Gasteiger partial charge is 0.318 e. The van der Waals surface area contributed by atoms with Crippen LogP contribution in [0.15, 0.2) is 71.8 Å². The van der Waals surface area contributed by atoms with Crippen LogP contribution in [0.25, 0.3) is 0 Å². The lowest BCUT2D eigenvalue weighted by atomic mass is 10.1. The van der Waals surface area contributed by atoms with Crippen LogP contribution in [0.3, 0.4) is 0 Å². The third kappa shape index (κ3) is 4.77. The fourth-order valence-corrected chi connectivity index (χ4v) is 3.30. The van der Waals surface area contributed by atoms with Crippen LogP contribution < -0.4 is 4.74 Å². The molecule has 0 radical (unpaired) electrons. The van der Waals surface area contributed by atoms with Gasteiger partial charge >= 0.3 is 5.69 Å². The molecule has 3 aromatic carbocycles. The number of rotatable bonds is 7. The second-order valence-corrected chi connectivity index (χ2v) is 7.38. The number of ether oxygens (including phenoxy) is 2. The van der Waals surface area contributed by atoms with E-state index in [0.29, 0.717) is 11.1 Å². The standard InChI is InChI=1S/C22H15N5O9/c1-13(28)24-22(36-21(23-24)14-2-6-16(7-3-14)25(29)30)15-4-9-18(10-5-15)35-20-11-8-17(26(31)32)12-19(20)27(33)34/h2-12,22H,1H3/t22-/m0/s1. The van der Waals surface area contributed by atoms with Gasteiger partial charge in [-0.05, 0) is 42.5 Å². The van der Waals surface area contributed by atoms with E-state index >= 15 is 0 Å². The van der Waals surface area contributed by atoms with Gasteiger partial charge in [0.1, 0.15) is 5.75 Å². The van der Waals surface area contributed by atoms with Crippen LogP contribution in [-0.4, -0.2) is 31.6 Å². The highest BCUT2D eigenvalue weighted by Crippen LogP contribution is 2.36. The summed E-state index contributed by atoms with van der Waals surface area (Å²) in [7, 11) is 0. The zero-order valence-electron chi connectivity index (χ0n) is 18.3. The van der Waals surface area contributed by atoms with Crippen molar-refractivity contribution in [2.45, 2.75) is 13.2 Å². The second-order valence-electron chi connectivity index (χ2n) is 7.38. The lowest BCUT2D eigenvalue weighted by molar-refractivity contribution is -0.394.